The third-order valence-corrected chi connectivity index (χ3v) is 9.10. The number of amides is 1. The first-order chi connectivity index (χ1) is 19.8. The van der Waals surface area contributed by atoms with E-state index in [1.807, 2.05) is 30.3 Å². The fraction of sp³-hybridized carbons (Fsp3) is 0.387. The molecule has 3 N–H and O–H groups in total. The molecule has 3 aromatic rings. The van der Waals surface area contributed by atoms with E-state index in [2.05, 4.69) is 29.2 Å². The van der Waals surface area contributed by atoms with E-state index in [-0.39, 0.29) is 18.9 Å². The van der Waals surface area contributed by atoms with Crippen LogP contribution in [0.4, 0.5) is 9.80 Å². The number of carbonyl (C=O) groups excluding carboxylic acids is 3. The molecular formula is C31H39N3O6S2. The molecule has 0 radical (unpaired) electrons. The van der Waals surface area contributed by atoms with E-state index >= 15 is 0 Å². The summed E-state index contributed by atoms with van der Waals surface area (Å²) in [6.07, 6.45) is 0.753. The number of anilines is 1. The van der Waals surface area contributed by atoms with Gasteiger partial charge in [-0.3, -0.25) is 19.6 Å². The van der Waals surface area contributed by atoms with Gasteiger partial charge in [0.1, 0.15) is 5.00 Å². The summed E-state index contributed by atoms with van der Waals surface area (Å²) < 4.78 is 32.8. The number of Topliss-reactive ketones (excluding diaryl/α,β-unsaturated/α-hetero) is 1. The first-order valence-corrected chi connectivity index (χ1v) is 16.1. The number of nitrogens with one attached hydrogen (secondary N) is 3. The van der Waals surface area contributed by atoms with Crippen LogP contribution < -0.4 is 15.4 Å². The number of sulfonamides is 1. The number of methoxy groups -OCH3 is 1. The summed E-state index contributed by atoms with van der Waals surface area (Å²) in [5.74, 6) is -1.10. The first-order valence-electron chi connectivity index (χ1n) is 13.8. The van der Waals surface area contributed by atoms with Gasteiger partial charge in [0.05, 0.1) is 7.11 Å². The van der Waals surface area contributed by atoms with Crippen LogP contribution >= 0.6 is 11.3 Å². The molecular weight excluding hydrogens is 574 g/mol. The molecule has 11 heteroatoms. The summed E-state index contributed by atoms with van der Waals surface area (Å²) in [6.45, 7) is 9.78. The molecule has 0 spiro atoms. The maximum absolute atomic E-state index is 13.6. The predicted molar refractivity (Wildman–Crippen MR) is 167 cm³/mol. The summed E-state index contributed by atoms with van der Waals surface area (Å²) >= 11 is 1.30. The molecule has 0 fully saturated rings. The average Bonchev–Trinajstić information content (AvgIpc) is 3.34. The normalized spacial score (nSPS) is 13.0. The van der Waals surface area contributed by atoms with Crippen molar-refractivity contribution >= 4 is 43.4 Å². The summed E-state index contributed by atoms with van der Waals surface area (Å²) in [5.41, 5.74) is 1.01. The van der Waals surface area contributed by atoms with Crippen LogP contribution in [0, 0.1) is 11.8 Å². The lowest BCUT2D eigenvalue weighted by Crippen LogP contribution is -2.62. The largest absolute Gasteiger partial charge is 0.467 e. The van der Waals surface area contributed by atoms with Crippen molar-refractivity contribution in [3.05, 3.63) is 76.7 Å². The molecule has 1 atom stereocenters. The van der Waals surface area contributed by atoms with Crippen molar-refractivity contribution in [2.45, 2.75) is 53.1 Å². The molecule has 0 aliphatic carbocycles. The molecule has 0 saturated heterocycles. The molecule has 3 rings (SSSR count). The number of carbonyl (C=O) groups is 3. The molecule has 1 aromatic heterocycles. The predicted octanol–water partition coefficient (Wildman–Crippen LogP) is 5.63. The van der Waals surface area contributed by atoms with Crippen LogP contribution in [0.1, 0.15) is 55.4 Å². The molecule has 0 bridgehead atoms. The number of benzene rings is 2. The second kappa shape index (κ2) is 14.1. The minimum Gasteiger partial charge on any atom is -0.467 e. The van der Waals surface area contributed by atoms with E-state index in [1.54, 1.807) is 51.1 Å². The fourth-order valence-corrected chi connectivity index (χ4v) is 7.03. The van der Waals surface area contributed by atoms with E-state index in [4.69, 9.17) is 4.74 Å². The van der Waals surface area contributed by atoms with Gasteiger partial charge in [-0.25, -0.2) is 4.79 Å². The van der Waals surface area contributed by atoms with Crippen molar-refractivity contribution in [2.24, 2.45) is 11.8 Å². The Balaban J connectivity index is 1.92. The highest BCUT2D eigenvalue weighted by atomic mass is 32.2. The Hall–Kier alpha value is -3.54. The van der Waals surface area contributed by atoms with Gasteiger partial charge in [-0.15, -0.1) is 11.3 Å². The smallest absolute Gasteiger partial charge is 0.357 e. The zero-order valence-electron chi connectivity index (χ0n) is 24.8. The molecule has 0 aliphatic heterocycles. The van der Waals surface area contributed by atoms with Crippen molar-refractivity contribution in [3.63, 3.8) is 0 Å². The maximum atomic E-state index is 13.6. The zero-order valence-corrected chi connectivity index (χ0v) is 26.4. The van der Waals surface area contributed by atoms with Crippen LogP contribution in [-0.4, -0.2) is 44.6 Å². The molecule has 9 nitrogen and oxygen atoms in total. The molecule has 0 saturated carbocycles. The highest BCUT2D eigenvalue weighted by molar-refractivity contribution is 8.07. The SMILES string of the molecule is CCNC(=O)S(=O)(=O)Nc1sc(CC(C)C)cc1-c1ccc(CNC(C(=O)OC)(C(=O)c2ccccc2)C(C)C)cc1. The first kappa shape index (κ1) is 33.0. The van der Waals surface area contributed by atoms with Crippen LogP contribution in [-0.2, 0) is 32.5 Å². The molecule has 226 valence electrons. The number of thiophene rings is 1. The fourth-order valence-electron chi connectivity index (χ4n) is 4.61. The Morgan fingerprint density at radius 2 is 1.62 bits per heavy atom. The molecule has 1 unspecified atom stereocenters. The number of esters is 1. The Bertz CT molecular complexity index is 1500. The van der Waals surface area contributed by atoms with E-state index < -0.39 is 32.7 Å². The van der Waals surface area contributed by atoms with Crippen molar-refractivity contribution in [1.29, 1.82) is 0 Å². The second-order valence-corrected chi connectivity index (χ2v) is 13.4. The minimum absolute atomic E-state index is 0.191. The molecule has 1 heterocycles. The van der Waals surface area contributed by atoms with Crippen molar-refractivity contribution in [3.8, 4) is 11.1 Å². The molecule has 0 aliphatic rings. The third-order valence-electron chi connectivity index (χ3n) is 6.79. The number of hydrogen-bond acceptors (Lipinski definition) is 8. The number of rotatable bonds is 13. The van der Waals surface area contributed by atoms with Crippen LogP contribution in [0.3, 0.4) is 0 Å². The zero-order chi connectivity index (χ0) is 31.1. The molecule has 2 aromatic carbocycles. The highest BCUT2D eigenvalue weighted by Gasteiger charge is 2.49. The quantitative estimate of drug-likeness (QED) is 0.129. The van der Waals surface area contributed by atoms with Gasteiger partial charge < -0.3 is 10.1 Å². The number of hydrogen-bond donors (Lipinski definition) is 3. The van der Waals surface area contributed by atoms with Crippen molar-refractivity contribution in [1.82, 2.24) is 10.6 Å². The van der Waals surface area contributed by atoms with Crippen molar-refractivity contribution < 1.29 is 27.5 Å². The summed E-state index contributed by atoms with van der Waals surface area (Å²) in [5, 5.41) is 4.80. The Labute approximate surface area is 252 Å². The highest BCUT2D eigenvalue weighted by Crippen LogP contribution is 2.38. The van der Waals surface area contributed by atoms with Crippen molar-refractivity contribution in [2.75, 3.05) is 18.4 Å². The van der Waals surface area contributed by atoms with E-state index in [0.29, 0.717) is 22.0 Å². The van der Waals surface area contributed by atoms with E-state index in [9.17, 15) is 22.8 Å². The summed E-state index contributed by atoms with van der Waals surface area (Å²) in [6, 6.07) is 18.0. The summed E-state index contributed by atoms with van der Waals surface area (Å²) in [4.78, 5) is 39.8. The van der Waals surface area contributed by atoms with Gasteiger partial charge in [0.2, 0.25) is 0 Å². The second-order valence-electron chi connectivity index (χ2n) is 10.7. The number of ketones is 1. The Kier molecular flexibility index (Phi) is 11.1. The standard InChI is InChI=1S/C31H39N3O6S2/c1-7-32-30(37)42(38,39)34-28-26(18-25(41-28)17-20(2)3)23-15-13-22(14-16-23)19-33-31(21(4)5,29(36)40-6)27(35)24-11-9-8-10-12-24/h8-16,18,20-21,33-34H,7,17,19H2,1-6H3,(H,32,37). The average molecular weight is 614 g/mol. The van der Waals surface area contributed by atoms with Crippen LogP contribution in [0.5, 0.6) is 0 Å². The van der Waals surface area contributed by atoms with Crippen LogP contribution in [0.25, 0.3) is 11.1 Å². The van der Waals surface area contributed by atoms with Gasteiger partial charge in [0.25, 0.3) is 0 Å². The van der Waals surface area contributed by atoms with Gasteiger partial charge >= 0.3 is 21.2 Å². The monoisotopic (exact) mass is 613 g/mol. The lowest BCUT2D eigenvalue weighted by molar-refractivity contribution is -0.148. The molecule has 1 amide bonds. The molecule has 42 heavy (non-hydrogen) atoms. The topological polar surface area (TPSA) is 131 Å². The van der Waals surface area contributed by atoms with Crippen LogP contribution in [0.2, 0.25) is 0 Å². The van der Waals surface area contributed by atoms with E-state index in [1.165, 1.54) is 18.4 Å². The van der Waals surface area contributed by atoms with Crippen LogP contribution in [0.15, 0.2) is 60.7 Å². The van der Waals surface area contributed by atoms with Gasteiger partial charge in [-0.1, -0.05) is 82.3 Å². The Morgan fingerprint density at radius 3 is 2.17 bits per heavy atom. The lowest BCUT2D eigenvalue weighted by Gasteiger charge is -2.34. The third kappa shape index (κ3) is 7.45. The van der Waals surface area contributed by atoms with E-state index in [0.717, 1.165) is 22.4 Å². The number of ether oxygens (including phenoxy) is 1. The Morgan fingerprint density at radius 1 is 0.976 bits per heavy atom. The van der Waals surface area contributed by atoms with Gasteiger partial charge in [0.15, 0.2) is 11.3 Å². The van der Waals surface area contributed by atoms with Gasteiger partial charge in [-0.2, -0.15) is 8.42 Å². The lowest BCUT2D eigenvalue weighted by atomic mass is 9.79. The van der Waals surface area contributed by atoms with Gasteiger partial charge in [-0.05, 0) is 42.4 Å². The van der Waals surface area contributed by atoms with Gasteiger partial charge in [0, 0.05) is 29.1 Å². The minimum atomic E-state index is -4.28. The summed E-state index contributed by atoms with van der Waals surface area (Å²) in [7, 11) is -3.02. The maximum Gasteiger partial charge on any atom is 0.357 e.